The van der Waals surface area contributed by atoms with Crippen LogP contribution in [0.4, 0.5) is 0 Å². The molecule has 0 bridgehead atoms. The first-order valence-electron chi connectivity index (χ1n) is 6.88. The van der Waals surface area contributed by atoms with E-state index >= 15 is 0 Å². The minimum Gasteiger partial charge on any atom is -0.481 e. The first-order chi connectivity index (χ1) is 9.04. The van der Waals surface area contributed by atoms with Gasteiger partial charge in [-0.25, -0.2) is 0 Å². The maximum Gasteiger partial charge on any atom is 0.303 e. The molecular formula is C13H26N2O4. The zero-order chi connectivity index (χ0) is 14.7. The Kier molecular flexibility index (Phi) is 10.1. The monoisotopic (exact) mass is 274 g/mol. The lowest BCUT2D eigenvalue weighted by atomic mass is 10.1. The van der Waals surface area contributed by atoms with Gasteiger partial charge in [0.1, 0.15) is 0 Å². The van der Waals surface area contributed by atoms with E-state index in [4.69, 9.17) is 10.2 Å². The highest BCUT2D eigenvalue weighted by molar-refractivity contribution is 5.78. The third-order valence-electron chi connectivity index (χ3n) is 3.08. The number of aliphatic carboxylic acids is 1. The summed E-state index contributed by atoms with van der Waals surface area (Å²) in [6.07, 6.45) is 2.37. The zero-order valence-electron chi connectivity index (χ0n) is 11.9. The first kappa shape index (κ1) is 17.9. The number of carboxylic acids is 1. The number of carboxylic acid groups (broad SMARTS) is 1. The largest absolute Gasteiger partial charge is 0.481 e. The van der Waals surface area contributed by atoms with E-state index < -0.39 is 5.97 Å². The van der Waals surface area contributed by atoms with Crippen LogP contribution in [0.2, 0.25) is 0 Å². The summed E-state index contributed by atoms with van der Waals surface area (Å²) >= 11 is 0. The predicted molar refractivity (Wildman–Crippen MR) is 72.9 cm³/mol. The molecule has 0 aromatic rings. The number of aliphatic hydroxyl groups excluding tert-OH is 1. The summed E-state index contributed by atoms with van der Waals surface area (Å²) < 4.78 is 0. The van der Waals surface area contributed by atoms with Crippen molar-refractivity contribution in [3.05, 3.63) is 0 Å². The van der Waals surface area contributed by atoms with Crippen molar-refractivity contribution in [2.24, 2.45) is 0 Å². The van der Waals surface area contributed by atoms with Crippen molar-refractivity contribution in [1.82, 2.24) is 10.2 Å². The molecule has 19 heavy (non-hydrogen) atoms. The second-order valence-corrected chi connectivity index (χ2v) is 4.51. The van der Waals surface area contributed by atoms with E-state index in [0.717, 1.165) is 12.8 Å². The Morgan fingerprint density at radius 1 is 1.26 bits per heavy atom. The Labute approximate surface area is 114 Å². The molecule has 0 spiro atoms. The molecule has 0 radical (unpaired) electrons. The fourth-order valence-electron chi connectivity index (χ4n) is 2.03. The average Bonchev–Trinajstić information content (AvgIpc) is 2.36. The molecule has 0 aliphatic heterocycles. The first-order valence-corrected chi connectivity index (χ1v) is 6.88. The van der Waals surface area contributed by atoms with Gasteiger partial charge in [0.25, 0.3) is 0 Å². The Morgan fingerprint density at radius 3 is 2.37 bits per heavy atom. The minimum absolute atomic E-state index is 0.0305. The van der Waals surface area contributed by atoms with Gasteiger partial charge in [-0.2, -0.15) is 0 Å². The number of carbonyl (C=O) groups excluding carboxylic acids is 1. The number of aliphatic hydroxyl groups is 1. The SMILES string of the molecule is CCC(CC)N(CCO)CC(=O)NCCCC(=O)O. The standard InChI is InChI=1S/C13H26N2O4/c1-3-11(4-2)15(8-9-16)10-12(17)14-7-5-6-13(18)19/h11,16H,3-10H2,1-2H3,(H,14,17)(H,18,19). The van der Waals surface area contributed by atoms with Crippen molar-refractivity contribution >= 4 is 11.9 Å². The van der Waals surface area contributed by atoms with Gasteiger partial charge < -0.3 is 15.5 Å². The molecule has 0 atom stereocenters. The summed E-state index contributed by atoms with van der Waals surface area (Å²) in [4.78, 5) is 24.0. The quantitative estimate of drug-likeness (QED) is 0.476. The summed E-state index contributed by atoms with van der Waals surface area (Å²) in [6.45, 7) is 5.26. The highest BCUT2D eigenvalue weighted by atomic mass is 16.4. The number of hydrogen-bond donors (Lipinski definition) is 3. The lowest BCUT2D eigenvalue weighted by Gasteiger charge is -2.29. The van der Waals surface area contributed by atoms with Crippen molar-refractivity contribution in [2.45, 2.75) is 45.6 Å². The Hall–Kier alpha value is -1.14. The number of rotatable bonds is 11. The van der Waals surface area contributed by atoms with E-state index in [1.165, 1.54) is 0 Å². The van der Waals surface area contributed by atoms with Crippen LogP contribution in [0.25, 0.3) is 0 Å². The Bertz CT molecular complexity index is 267. The third kappa shape index (κ3) is 8.56. The molecule has 0 aromatic heterocycles. The molecule has 0 aliphatic carbocycles. The van der Waals surface area contributed by atoms with Crippen LogP contribution in [0.15, 0.2) is 0 Å². The van der Waals surface area contributed by atoms with Gasteiger partial charge in [0.05, 0.1) is 13.2 Å². The van der Waals surface area contributed by atoms with Crippen molar-refractivity contribution < 1.29 is 19.8 Å². The summed E-state index contributed by atoms with van der Waals surface area (Å²) in [6, 6.07) is 0.289. The van der Waals surface area contributed by atoms with Crippen molar-refractivity contribution in [3.63, 3.8) is 0 Å². The van der Waals surface area contributed by atoms with Gasteiger partial charge in [-0.15, -0.1) is 0 Å². The van der Waals surface area contributed by atoms with E-state index in [1.54, 1.807) is 0 Å². The van der Waals surface area contributed by atoms with Crippen LogP contribution in [-0.2, 0) is 9.59 Å². The van der Waals surface area contributed by atoms with E-state index in [2.05, 4.69) is 19.2 Å². The molecule has 6 nitrogen and oxygen atoms in total. The number of nitrogens with zero attached hydrogens (tertiary/aromatic N) is 1. The number of nitrogens with one attached hydrogen (secondary N) is 1. The average molecular weight is 274 g/mol. The predicted octanol–water partition coefficient (Wildman–Crippen LogP) is 0.450. The molecule has 0 aromatic carbocycles. The van der Waals surface area contributed by atoms with E-state index in [-0.39, 0.29) is 31.5 Å². The number of carbonyl (C=O) groups is 2. The lowest BCUT2D eigenvalue weighted by Crippen LogP contribution is -2.44. The zero-order valence-corrected chi connectivity index (χ0v) is 11.9. The van der Waals surface area contributed by atoms with E-state index in [9.17, 15) is 9.59 Å². The fraction of sp³-hybridized carbons (Fsp3) is 0.846. The molecule has 0 saturated carbocycles. The molecule has 0 saturated heterocycles. The summed E-state index contributed by atoms with van der Waals surface area (Å²) in [7, 11) is 0. The van der Waals surface area contributed by atoms with Crippen molar-refractivity contribution in [2.75, 3.05) is 26.2 Å². The van der Waals surface area contributed by atoms with Gasteiger partial charge in [-0.05, 0) is 19.3 Å². The maximum atomic E-state index is 11.7. The van der Waals surface area contributed by atoms with Crippen molar-refractivity contribution in [1.29, 1.82) is 0 Å². The molecule has 0 unspecified atom stereocenters. The van der Waals surface area contributed by atoms with Crippen LogP contribution in [0.5, 0.6) is 0 Å². The number of amides is 1. The fourth-order valence-corrected chi connectivity index (χ4v) is 2.03. The second kappa shape index (κ2) is 10.8. The molecule has 0 rings (SSSR count). The summed E-state index contributed by atoms with van der Waals surface area (Å²) in [5, 5.41) is 20.2. The molecule has 0 heterocycles. The third-order valence-corrected chi connectivity index (χ3v) is 3.08. The molecule has 0 aliphatic rings. The number of hydrogen-bond acceptors (Lipinski definition) is 4. The lowest BCUT2D eigenvalue weighted by molar-refractivity contribution is -0.137. The van der Waals surface area contributed by atoms with E-state index in [1.807, 2.05) is 4.90 Å². The van der Waals surface area contributed by atoms with Gasteiger partial charge in [0.2, 0.25) is 5.91 Å². The maximum absolute atomic E-state index is 11.7. The normalized spacial score (nSPS) is 11.0. The molecule has 3 N–H and O–H groups in total. The molecule has 1 amide bonds. The van der Waals surface area contributed by atoms with Gasteiger partial charge in [-0.1, -0.05) is 13.8 Å². The van der Waals surface area contributed by atoms with Crippen LogP contribution in [0.3, 0.4) is 0 Å². The topological polar surface area (TPSA) is 89.9 Å². The van der Waals surface area contributed by atoms with Crippen LogP contribution < -0.4 is 5.32 Å². The van der Waals surface area contributed by atoms with Crippen molar-refractivity contribution in [3.8, 4) is 0 Å². The van der Waals surface area contributed by atoms with Crippen LogP contribution in [-0.4, -0.2) is 59.3 Å². The van der Waals surface area contributed by atoms with Crippen LogP contribution in [0, 0.1) is 0 Å². The Morgan fingerprint density at radius 2 is 1.89 bits per heavy atom. The molecular weight excluding hydrogens is 248 g/mol. The van der Waals surface area contributed by atoms with Gasteiger partial charge in [-0.3, -0.25) is 14.5 Å². The molecule has 6 heteroatoms. The van der Waals surface area contributed by atoms with E-state index in [0.29, 0.717) is 19.5 Å². The smallest absolute Gasteiger partial charge is 0.303 e. The van der Waals surface area contributed by atoms with Gasteiger partial charge in [0, 0.05) is 25.6 Å². The highest BCUT2D eigenvalue weighted by Crippen LogP contribution is 2.07. The minimum atomic E-state index is -0.854. The van der Waals surface area contributed by atoms with Crippen LogP contribution in [0.1, 0.15) is 39.5 Å². The Balaban J connectivity index is 4.05. The summed E-state index contributed by atoms with van der Waals surface area (Å²) in [5.74, 6) is -0.973. The van der Waals surface area contributed by atoms with Gasteiger partial charge >= 0.3 is 5.97 Å². The summed E-state index contributed by atoms with van der Waals surface area (Å²) in [5.41, 5.74) is 0. The molecule has 112 valence electrons. The van der Waals surface area contributed by atoms with Crippen LogP contribution >= 0.6 is 0 Å². The second-order valence-electron chi connectivity index (χ2n) is 4.51. The highest BCUT2D eigenvalue weighted by Gasteiger charge is 2.17. The van der Waals surface area contributed by atoms with Gasteiger partial charge in [0.15, 0.2) is 0 Å². The molecule has 0 fully saturated rings.